The molecule has 44 nitrogen and oxygen atoms in total. The summed E-state index contributed by atoms with van der Waals surface area (Å²) in [4.78, 5) is 269. The molecule has 6 heterocycles. The summed E-state index contributed by atoms with van der Waals surface area (Å²) in [5, 5.41) is 69.9. The van der Waals surface area contributed by atoms with E-state index in [1.54, 1.807) is 74.8 Å². The summed E-state index contributed by atoms with van der Waals surface area (Å²) < 4.78 is 5.51. The number of carboxylic acid groups (broad SMARTS) is 1. The van der Waals surface area contributed by atoms with Gasteiger partial charge in [0.25, 0.3) is 0 Å². The number of aliphatic carboxylic acids is 1. The van der Waals surface area contributed by atoms with Gasteiger partial charge in [0.1, 0.15) is 90.3 Å². The lowest BCUT2D eigenvalue weighted by atomic mass is 10.0. The van der Waals surface area contributed by atoms with Crippen molar-refractivity contribution in [3.8, 4) is 5.75 Å². The van der Waals surface area contributed by atoms with Crippen molar-refractivity contribution in [2.24, 2.45) is 17.4 Å². The molecule has 3 saturated heterocycles. The standard InChI is InChI=1S/C90H125N23O21S/c1-9-10-23-69-82(126)101-60(22-15-31-95-90(92)93)78(122)108-68(77(121)98-44-73(91)116)46-135-47-74(117)100-64(36-51-26-28-55(115)29-27-51)85(129)109(5)50(4)76(120)104-66(40-75(118)119)88(132)113-33-17-25-71(113)84(128)103-62(39-54-43-94-48-99-54)80(124)105-63(35-49(2)3)87(131)112-32-16-24-70(112)83(127)102-61(37-52-41-96-58-20-13-11-18-56(52)58)79(123)107-67(45-114)81(125)106-65(38-53-42-97-59-21-14-12-19-57(53)59)86(130)111(7)72(30-34-134-8)89(133)110(69)6/h11-14,18-21,26-29,41-43,48-50,60-72,96-97,114-115H,9-10,15-17,22-25,30-40,44-47H2,1-8H3,(H2,91,116)(H,94,99)(H,98,121)(H,100,117)(H,101,126)(H,102,127)(H,103,128)(H,104,120)(H,105,124)(H,106,125)(H,107,123)(H,108,122)(H,118,119)(H4,92,93,95)/t50-,60-,61-,62-,63-,64-,65-,66-,67-,68?,69-,70?,71-,72-/m0/s1. The maximum Gasteiger partial charge on any atom is 0.305 e. The smallest absolute Gasteiger partial charge is 0.305 e. The van der Waals surface area contributed by atoms with Gasteiger partial charge in [0.05, 0.1) is 31.7 Å². The number of ether oxygens (including phenoxy) is 1. The molecule has 732 valence electrons. The topological polar surface area (TPSA) is 645 Å². The van der Waals surface area contributed by atoms with Crippen molar-refractivity contribution in [3.63, 3.8) is 0 Å². The number of aromatic hydroxyl groups is 1. The van der Waals surface area contributed by atoms with E-state index in [0.29, 0.717) is 57.0 Å². The number of likely N-dealkylation sites (N-methyl/N-ethyl adjacent to an activating group) is 3. The number of guanidine groups is 1. The number of carbonyl (C=O) groups excluding carboxylic acids is 16. The van der Waals surface area contributed by atoms with Gasteiger partial charge in [-0.1, -0.05) is 82.1 Å². The third-order valence-electron chi connectivity index (χ3n) is 24.0. The summed E-state index contributed by atoms with van der Waals surface area (Å²) >= 11 is 0.747. The first-order valence-electron chi connectivity index (χ1n) is 44.9. The number of aromatic amines is 3. The molecule has 0 bridgehead atoms. The average Bonchev–Trinajstić information content (AvgIpc) is 1.80. The molecule has 3 aliphatic rings. The minimum Gasteiger partial charge on any atom is -0.508 e. The molecule has 3 fully saturated rings. The number of hydrogen-bond donors (Lipinski definition) is 20. The summed E-state index contributed by atoms with van der Waals surface area (Å²) in [6.45, 7) is 4.45. The molecule has 22 N–H and O–H groups in total. The number of H-pyrrole nitrogens is 3. The second-order valence-corrected chi connectivity index (χ2v) is 35.4. The quantitative estimate of drug-likeness (QED) is 0.0152. The van der Waals surface area contributed by atoms with Gasteiger partial charge in [-0.3, -0.25) is 86.9 Å². The van der Waals surface area contributed by atoms with Gasteiger partial charge >= 0.3 is 5.97 Å². The monoisotopic (exact) mass is 1900 g/mol. The van der Waals surface area contributed by atoms with Crippen LogP contribution in [0.15, 0.2) is 97.7 Å². The van der Waals surface area contributed by atoms with Gasteiger partial charge < -0.3 is 129 Å². The number of hydrogen-bond acceptors (Lipinski definition) is 23. The molecule has 0 aliphatic carbocycles. The van der Waals surface area contributed by atoms with Crippen molar-refractivity contribution >= 4 is 140 Å². The van der Waals surface area contributed by atoms with Crippen LogP contribution in [0.1, 0.15) is 127 Å². The predicted octanol–water partition coefficient (Wildman–Crippen LogP) is -2.45. The highest BCUT2D eigenvalue weighted by Crippen LogP contribution is 2.28. The van der Waals surface area contributed by atoms with Crippen LogP contribution < -0.4 is 70.0 Å². The fourth-order valence-corrected chi connectivity index (χ4v) is 17.4. The molecule has 3 aromatic carbocycles. The third kappa shape index (κ3) is 29.4. The van der Waals surface area contributed by atoms with E-state index in [1.807, 2.05) is 6.92 Å². The highest BCUT2D eigenvalue weighted by atomic mass is 32.2. The van der Waals surface area contributed by atoms with Crippen LogP contribution in [0.3, 0.4) is 0 Å². The SMILES string of the molecule is CCCC[C@H]1C(=O)N[C@@H](CCCNC(=N)N)C(=O)NC(C(=O)NCC(N)=O)CSCC(=O)N[C@@H](Cc2ccc(O)cc2)C(=O)N(C)[C@@H](C)C(=O)N[C@@H](CC(=O)O)C(=O)N2CCC[C@H]2C(=O)N[C@@H](Cc2cnc[nH]2)C(=O)N[C@@H](CC(C)C)C(=O)N2CCCC2C(=O)N[C@@H](Cc2c[nH]c3ccccc23)C(=O)N[C@@H](CO)C(=O)N[C@@H](Cc2c[nH]c3ccccc23)C(=O)N(C)[C@@H](CCOC)C(=O)N1C. The highest BCUT2D eigenvalue weighted by Gasteiger charge is 2.46. The lowest BCUT2D eigenvalue weighted by Gasteiger charge is -2.36. The van der Waals surface area contributed by atoms with Crippen molar-refractivity contribution in [1.82, 2.24) is 103 Å². The van der Waals surface area contributed by atoms with Gasteiger partial charge in [-0.2, -0.15) is 0 Å². The van der Waals surface area contributed by atoms with Crippen LogP contribution in [0.5, 0.6) is 5.75 Å². The second-order valence-electron chi connectivity index (χ2n) is 34.3. The van der Waals surface area contributed by atoms with Gasteiger partial charge in [0, 0.05) is 138 Å². The number of carboxylic acids is 1. The number of unbranched alkanes of at least 4 members (excludes halogenated alkanes) is 1. The van der Waals surface area contributed by atoms with Crippen molar-refractivity contribution < 1.29 is 102 Å². The molecule has 3 aromatic heterocycles. The Morgan fingerprint density at radius 1 is 0.570 bits per heavy atom. The van der Waals surface area contributed by atoms with Crippen molar-refractivity contribution in [2.75, 3.05) is 79.2 Å². The predicted molar refractivity (Wildman–Crippen MR) is 494 cm³/mol. The normalized spacial score (nSPS) is 24.2. The third-order valence-corrected chi connectivity index (χ3v) is 25.1. The number of primary amides is 1. The number of imidazole rings is 1. The van der Waals surface area contributed by atoms with E-state index in [9.17, 15) is 58.5 Å². The average molecular weight is 1900 g/mol. The molecule has 16 amide bonds. The molecular formula is C90H125N23O21S. The van der Waals surface area contributed by atoms with Gasteiger partial charge in [-0.25, -0.2) is 4.98 Å². The molecule has 3 aliphatic heterocycles. The maximum absolute atomic E-state index is 15.7. The van der Waals surface area contributed by atoms with Gasteiger partial charge in [0.2, 0.25) is 94.5 Å². The summed E-state index contributed by atoms with van der Waals surface area (Å²) in [6, 6.07) is -2.14. The number of benzene rings is 3. The molecular weight excluding hydrogens is 1770 g/mol. The lowest BCUT2D eigenvalue weighted by Crippen LogP contribution is -2.62. The molecule has 6 aromatic rings. The Kier molecular flexibility index (Phi) is 39.2. The first-order valence-corrected chi connectivity index (χ1v) is 46.1. The van der Waals surface area contributed by atoms with E-state index in [-0.39, 0.29) is 121 Å². The molecule has 14 atom stereocenters. The Labute approximate surface area is 783 Å². The fourth-order valence-electron chi connectivity index (χ4n) is 16.6. The first-order chi connectivity index (χ1) is 64.4. The summed E-state index contributed by atoms with van der Waals surface area (Å²) in [7, 11) is 5.15. The van der Waals surface area contributed by atoms with E-state index in [1.165, 1.54) is 76.9 Å². The van der Waals surface area contributed by atoms with E-state index in [2.05, 4.69) is 78.4 Å². The molecule has 135 heavy (non-hydrogen) atoms. The van der Waals surface area contributed by atoms with E-state index in [0.717, 1.165) is 31.4 Å². The van der Waals surface area contributed by atoms with Gasteiger partial charge in [-0.15, -0.1) is 11.8 Å². The number of carbonyl (C=O) groups is 17. The maximum atomic E-state index is 15.7. The molecule has 0 spiro atoms. The van der Waals surface area contributed by atoms with Crippen LogP contribution in [0.25, 0.3) is 21.8 Å². The molecule has 0 radical (unpaired) electrons. The van der Waals surface area contributed by atoms with Crippen molar-refractivity contribution in [2.45, 2.75) is 215 Å². The first kappa shape index (κ1) is 105. The fraction of sp³-hybridized carbons (Fsp3) is 0.522. The second kappa shape index (κ2) is 50.4. The van der Waals surface area contributed by atoms with Crippen LogP contribution in [0, 0.1) is 11.3 Å². The van der Waals surface area contributed by atoms with Crippen molar-refractivity contribution in [3.05, 3.63) is 120 Å². The Balaban J connectivity index is 1.10. The van der Waals surface area contributed by atoms with E-state index >= 15 is 38.4 Å². The molecule has 0 saturated carbocycles. The lowest BCUT2D eigenvalue weighted by molar-refractivity contribution is -0.150. The Bertz CT molecular complexity index is 5210. The van der Waals surface area contributed by atoms with Crippen LogP contribution in [-0.2, 0) is 112 Å². The van der Waals surface area contributed by atoms with E-state index in [4.69, 9.17) is 21.6 Å². The number of nitrogens with zero attached hydrogens (tertiary/aromatic N) is 6. The number of para-hydroxylation sites is 2. The largest absolute Gasteiger partial charge is 0.508 e. The zero-order chi connectivity index (χ0) is 98.4. The molecule has 9 rings (SSSR count). The van der Waals surface area contributed by atoms with Gasteiger partial charge in [-0.05, 0) is 105 Å². The number of nitrogens with one attached hydrogen (secondary N) is 15. The van der Waals surface area contributed by atoms with Crippen LogP contribution in [0.2, 0.25) is 0 Å². The van der Waals surface area contributed by atoms with Crippen LogP contribution >= 0.6 is 11.8 Å². The molecule has 2 unspecified atom stereocenters. The number of thioether (sulfide) groups is 1. The zero-order valence-electron chi connectivity index (χ0n) is 76.8. The summed E-state index contributed by atoms with van der Waals surface area (Å²) in [5.74, 6) is -18.5. The number of methoxy groups -OCH3 is 1. The number of phenols is 1. The summed E-state index contributed by atoms with van der Waals surface area (Å²) in [6.07, 6.45) is 4.52. The Hall–Kier alpha value is -13.7. The van der Waals surface area contributed by atoms with Crippen LogP contribution in [0.4, 0.5) is 0 Å². The highest BCUT2D eigenvalue weighted by molar-refractivity contribution is 8.00. The number of amides is 16. The van der Waals surface area contributed by atoms with Gasteiger partial charge in [0.15, 0.2) is 5.96 Å². The van der Waals surface area contributed by atoms with Crippen molar-refractivity contribution in [1.29, 1.82) is 5.41 Å². The molecule has 45 heteroatoms. The minimum absolute atomic E-state index is 0.0197. The number of aliphatic hydroxyl groups excluding tert-OH is 1. The Morgan fingerprint density at radius 2 is 1.10 bits per heavy atom. The number of aromatic nitrogens is 4. The number of aliphatic hydroxyl groups is 1. The zero-order valence-corrected chi connectivity index (χ0v) is 77.6. The number of phenolic OH excluding ortho intramolecular Hbond substituents is 1. The van der Waals surface area contributed by atoms with Crippen LogP contribution in [-0.4, -0.2) is 330 Å². The number of fused-ring (bicyclic) bond motifs is 4. The summed E-state index contributed by atoms with van der Waals surface area (Å²) in [5.41, 5.74) is 14.1. The Morgan fingerprint density at radius 3 is 1.66 bits per heavy atom. The number of nitrogens with two attached hydrogens (primary N) is 2. The minimum atomic E-state index is -1.89. The van der Waals surface area contributed by atoms with E-state index < -0.39 is 222 Å². The number of rotatable bonds is 26.